The molecule has 1 N–H and O–H groups in total. The summed E-state index contributed by atoms with van der Waals surface area (Å²) in [5, 5.41) is 9.93. The van der Waals surface area contributed by atoms with Crippen molar-refractivity contribution in [1.82, 2.24) is 4.90 Å². The van der Waals surface area contributed by atoms with Crippen LogP contribution in [-0.2, 0) is 6.54 Å². The number of para-hydroxylation sites is 1. The molecule has 0 saturated heterocycles. The number of ether oxygens (including phenoxy) is 1. The Kier molecular flexibility index (Phi) is 5.44. The molecule has 0 aliphatic heterocycles. The van der Waals surface area contributed by atoms with Crippen LogP contribution in [0, 0.1) is 5.92 Å². The van der Waals surface area contributed by atoms with Crippen LogP contribution in [0.2, 0.25) is 0 Å². The Labute approximate surface area is 122 Å². The quantitative estimate of drug-likeness (QED) is 0.867. The van der Waals surface area contributed by atoms with Gasteiger partial charge in [0.05, 0.1) is 12.2 Å². The van der Waals surface area contributed by atoms with Crippen molar-refractivity contribution >= 4 is 0 Å². The highest BCUT2D eigenvalue weighted by atomic mass is 16.5. The molecule has 1 aromatic carbocycles. The molecule has 112 valence electrons. The first kappa shape index (κ1) is 15.3. The van der Waals surface area contributed by atoms with E-state index in [0.29, 0.717) is 5.92 Å². The zero-order valence-electron chi connectivity index (χ0n) is 12.9. The van der Waals surface area contributed by atoms with Crippen LogP contribution in [-0.4, -0.2) is 35.8 Å². The van der Waals surface area contributed by atoms with Crippen LogP contribution in [0.5, 0.6) is 5.75 Å². The van der Waals surface area contributed by atoms with Crippen molar-refractivity contribution < 1.29 is 9.84 Å². The molecule has 2 atom stereocenters. The fourth-order valence-electron chi connectivity index (χ4n) is 2.99. The second-order valence-electron chi connectivity index (χ2n) is 6.23. The first-order valence-electron chi connectivity index (χ1n) is 7.67. The van der Waals surface area contributed by atoms with Gasteiger partial charge in [-0.3, -0.25) is 0 Å². The first-order chi connectivity index (χ1) is 9.56. The number of aliphatic hydroxyl groups is 1. The average Bonchev–Trinajstić information content (AvgIpc) is 2.77. The van der Waals surface area contributed by atoms with E-state index in [4.69, 9.17) is 4.74 Å². The molecule has 1 aromatic rings. The SMILES string of the molecule is CC(C)Oc1ccccc1CN(C)CC1CCCC1O. The highest BCUT2D eigenvalue weighted by molar-refractivity contribution is 5.33. The van der Waals surface area contributed by atoms with E-state index < -0.39 is 0 Å². The maximum absolute atomic E-state index is 9.93. The molecule has 0 amide bonds. The van der Waals surface area contributed by atoms with Crippen LogP contribution >= 0.6 is 0 Å². The molecule has 20 heavy (non-hydrogen) atoms. The summed E-state index contributed by atoms with van der Waals surface area (Å²) in [6.07, 6.45) is 3.35. The second kappa shape index (κ2) is 7.09. The minimum Gasteiger partial charge on any atom is -0.491 e. The lowest BCUT2D eigenvalue weighted by Crippen LogP contribution is -2.29. The molecule has 0 heterocycles. The van der Waals surface area contributed by atoms with Gasteiger partial charge in [-0.05, 0) is 45.7 Å². The van der Waals surface area contributed by atoms with Gasteiger partial charge in [0.1, 0.15) is 5.75 Å². The lowest BCUT2D eigenvalue weighted by Gasteiger charge is -2.24. The van der Waals surface area contributed by atoms with Crippen LogP contribution in [0.4, 0.5) is 0 Å². The van der Waals surface area contributed by atoms with Crippen molar-refractivity contribution in [1.29, 1.82) is 0 Å². The van der Waals surface area contributed by atoms with Crippen molar-refractivity contribution in [3.63, 3.8) is 0 Å². The zero-order valence-corrected chi connectivity index (χ0v) is 12.9. The van der Waals surface area contributed by atoms with Crippen LogP contribution in [0.3, 0.4) is 0 Å². The zero-order chi connectivity index (χ0) is 14.5. The molecule has 1 aliphatic rings. The largest absolute Gasteiger partial charge is 0.491 e. The Morgan fingerprint density at radius 2 is 2.05 bits per heavy atom. The van der Waals surface area contributed by atoms with Crippen LogP contribution in [0.25, 0.3) is 0 Å². The van der Waals surface area contributed by atoms with Gasteiger partial charge in [0.15, 0.2) is 0 Å². The van der Waals surface area contributed by atoms with Gasteiger partial charge in [0, 0.05) is 18.7 Å². The summed E-state index contributed by atoms with van der Waals surface area (Å²) in [6, 6.07) is 8.23. The predicted molar refractivity (Wildman–Crippen MR) is 81.9 cm³/mol. The lowest BCUT2D eigenvalue weighted by molar-refractivity contribution is 0.107. The number of rotatable bonds is 6. The summed E-state index contributed by atoms with van der Waals surface area (Å²) in [4.78, 5) is 2.29. The first-order valence-corrected chi connectivity index (χ1v) is 7.67. The molecule has 3 heteroatoms. The number of hydrogen-bond donors (Lipinski definition) is 1. The topological polar surface area (TPSA) is 32.7 Å². The summed E-state index contributed by atoms with van der Waals surface area (Å²) in [6.45, 7) is 5.92. The highest BCUT2D eigenvalue weighted by Gasteiger charge is 2.26. The van der Waals surface area contributed by atoms with Gasteiger partial charge in [-0.15, -0.1) is 0 Å². The van der Waals surface area contributed by atoms with Gasteiger partial charge in [-0.25, -0.2) is 0 Å². The Hall–Kier alpha value is -1.06. The molecule has 1 fully saturated rings. The molecule has 2 rings (SSSR count). The predicted octanol–water partition coefficient (Wildman–Crippen LogP) is 3.07. The molecule has 0 bridgehead atoms. The van der Waals surface area contributed by atoms with Crippen LogP contribution in [0.15, 0.2) is 24.3 Å². The van der Waals surface area contributed by atoms with Crippen molar-refractivity contribution in [3.8, 4) is 5.75 Å². The van der Waals surface area contributed by atoms with Gasteiger partial charge in [-0.1, -0.05) is 24.6 Å². The summed E-state index contributed by atoms with van der Waals surface area (Å²) >= 11 is 0. The van der Waals surface area contributed by atoms with Crippen LogP contribution in [0.1, 0.15) is 38.7 Å². The number of aliphatic hydroxyl groups excluding tert-OH is 1. The Bertz CT molecular complexity index is 419. The van der Waals surface area contributed by atoms with Gasteiger partial charge in [0.25, 0.3) is 0 Å². The Balaban J connectivity index is 1.95. The number of nitrogens with zero attached hydrogens (tertiary/aromatic N) is 1. The minimum absolute atomic E-state index is 0.111. The van der Waals surface area contributed by atoms with E-state index >= 15 is 0 Å². The molecule has 0 aromatic heterocycles. The third-order valence-electron chi connectivity index (χ3n) is 3.94. The summed E-state index contributed by atoms with van der Waals surface area (Å²) in [7, 11) is 2.12. The number of hydrogen-bond acceptors (Lipinski definition) is 3. The van der Waals surface area contributed by atoms with E-state index in [1.165, 1.54) is 5.56 Å². The van der Waals surface area contributed by atoms with Crippen molar-refractivity contribution in [2.24, 2.45) is 5.92 Å². The molecular weight excluding hydrogens is 250 g/mol. The number of benzene rings is 1. The van der Waals surface area contributed by atoms with E-state index in [-0.39, 0.29) is 12.2 Å². The van der Waals surface area contributed by atoms with Gasteiger partial charge in [-0.2, -0.15) is 0 Å². The monoisotopic (exact) mass is 277 g/mol. The summed E-state index contributed by atoms with van der Waals surface area (Å²) in [5.74, 6) is 1.40. The van der Waals surface area contributed by atoms with E-state index in [2.05, 4.69) is 37.9 Å². The molecular formula is C17H27NO2. The molecule has 1 saturated carbocycles. The van der Waals surface area contributed by atoms with Crippen LogP contribution < -0.4 is 4.74 Å². The van der Waals surface area contributed by atoms with Crippen molar-refractivity contribution in [2.75, 3.05) is 13.6 Å². The van der Waals surface area contributed by atoms with Gasteiger partial charge in [0.2, 0.25) is 0 Å². The Morgan fingerprint density at radius 1 is 1.30 bits per heavy atom. The normalized spacial score (nSPS) is 22.7. The highest BCUT2D eigenvalue weighted by Crippen LogP contribution is 2.27. The lowest BCUT2D eigenvalue weighted by atomic mass is 10.1. The minimum atomic E-state index is -0.111. The van der Waals surface area contributed by atoms with E-state index in [1.54, 1.807) is 0 Å². The maximum Gasteiger partial charge on any atom is 0.124 e. The summed E-state index contributed by atoms with van der Waals surface area (Å²) < 4.78 is 5.86. The fourth-order valence-corrected chi connectivity index (χ4v) is 2.99. The molecule has 2 unspecified atom stereocenters. The van der Waals surface area contributed by atoms with Crippen molar-refractivity contribution in [3.05, 3.63) is 29.8 Å². The summed E-state index contributed by atoms with van der Waals surface area (Å²) in [5.41, 5.74) is 1.22. The third-order valence-corrected chi connectivity index (χ3v) is 3.94. The average molecular weight is 277 g/mol. The molecule has 1 aliphatic carbocycles. The second-order valence-corrected chi connectivity index (χ2v) is 6.23. The third kappa shape index (κ3) is 4.22. The van der Waals surface area contributed by atoms with Crippen molar-refractivity contribution in [2.45, 2.75) is 51.9 Å². The smallest absolute Gasteiger partial charge is 0.124 e. The molecule has 3 nitrogen and oxygen atoms in total. The standard InChI is InChI=1S/C17H27NO2/c1-13(2)20-17-10-5-4-7-15(17)12-18(3)11-14-8-6-9-16(14)19/h4-5,7,10,13-14,16,19H,6,8-9,11-12H2,1-3H3. The van der Waals surface area contributed by atoms with E-state index in [0.717, 1.165) is 38.1 Å². The Morgan fingerprint density at radius 3 is 2.70 bits per heavy atom. The molecule has 0 spiro atoms. The maximum atomic E-state index is 9.93. The van der Waals surface area contributed by atoms with E-state index in [9.17, 15) is 5.11 Å². The van der Waals surface area contributed by atoms with Gasteiger partial charge < -0.3 is 14.7 Å². The molecule has 0 radical (unpaired) electrons. The fraction of sp³-hybridized carbons (Fsp3) is 0.647. The van der Waals surface area contributed by atoms with Gasteiger partial charge >= 0.3 is 0 Å². The van der Waals surface area contributed by atoms with E-state index in [1.807, 2.05) is 12.1 Å².